The fourth-order valence-electron chi connectivity index (χ4n) is 3.15. The van der Waals surface area contributed by atoms with Crippen molar-refractivity contribution in [3.05, 3.63) is 23.5 Å². The highest BCUT2D eigenvalue weighted by Gasteiger charge is 2.35. The Kier molecular flexibility index (Phi) is 3.44. The molecule has 0 saturated carbocycles. The summed E-state index contributed by atoms with van der Waals surface area (Å²) in [6, 6.07) is 2.03. The van der Waals surface area contributed by atoms with Crippen LogP contribution in [0.15, 0.2) is 12.3 Å². The quantitative estimate of drug-likeness (QED) is 0.865. The van der Waals surface area contributed by atoms with E-state index in [1.807, 2.05) is 24.9 Å². The molecule has 6 nitrogen and oxygen atoms in total. The summed E-state index contributed by atoms with van der Waals surface area (Å²) in [4.78, 5) is 19.1. The lowest BCUT2D eigenvalue weighted by Crippen LogP contribution is -2.54. The molecule has 2 aromatic heterocycles. The fraction of sp³-hybridized carbons (Fsp3) is 0.562. The molecule has 0 radical (unpaired) electrons. The Hall–Kier alpha value is -1.95. The number of carbonyl (C=O) groups is 1. The molecule has 0 aromatic carbocycles. The van der Waals surface area contributed by atoms with Gasteiger partial charge in [-0.15, -0.1) is 0 Å². The largest absolute Gasteiger partial charge is 0.338 e. The number of hydrogen-bond donors (Lipinski definition) is 1. The number of pyridine rings is 1. The molecule has 1 aliphatic heterocycles. The van der Waals surface area contributed by atoms with E-state index in [2.05, 4.69) is 23.9 Å². The summed E-state index contributed by atoms with van der Waals surface area (Å²) in [5.41, 5.74) is 8.40. The van der Waals surface area contributed by atoms with E-state index in [-0.39, 0.29) is 17.4 Å². The van der Waals surface area contributed by atoms with Crippen LogP contribution in [0.5, 0.6) is 0 Å². The van der Waals surface area contributed by atoms with Crippen LogP contribution in [0.2, 0.25) is 0 Å². The summed E-state index contributed by atoms with van der Waals surface area (Å²) in [6.45, 7) is 7.54. The van der Waals surface area contributed by atoms with Gasteiger partial charge in [0.1, 0.15) is 0 Å². The molecule has 3 heterocycles. The number of nitrogens with two attached hydrogens (primary N) is 1. The van der Waals surface area contributed by atoms with E-state index in [4.69, 9.17) is 5.73 Å². The first-order chi connectivity index (χ1) is 10.3. The first-order valence-electron chi connectivity index (χ1n) is 7.64. The molecule has 0 bridgehead atoms. The first kappa shape index (κ1) is 15.0. The van der Waals surface area contributed by atoms with Gasteiger partial charge in [-0.1, -0.05) is 13.8 Å². The lowest BCUT2D eigenvalue weighted by Gasteiger charge is -2.42. The van der Waals surface area contributed by atoms with E-state index in [1.165, 1.54) is 0 Å². The molecule has 118 valence electrons. The number of aromatic nitrogens is 3. The Labute approximate surface area is 130 Å². The molecular weight excluding hydrogens is 278 g/mol. The minimum Gasteiger partial charge on any atom is -0.338 e. The highest BCUT2D eigenvalue weighted by molar-refractivity contribution is 5.97. The van der Waals surface area contributed by atoms with Crippen LogP contribution in [-0.4, -0.2) is 44.7 Å². The monoisotopic (exact) mass is 301 g/mol. The highest BCUT2D eigenvalue weighted by atomic mass is 16.2. The van der Waals surface area contributed by atoms with Gasteiger partial charge < -0.3 is 10.6 Å². The van der Waals surface area contributed by atoms with Crippen molar-refractivity contribution < 1.29 is 4.79 Å². The van der Waals surface area contributed by atoms with Crippen LogP contribution < -0.4 is 5.73 Å². The van der Waals surface area contributed by atoms with Crippen molar-refractivity contribution in [2.24, 2.45) is 18.2 Å². The van der Waals surface area contributed by atoms with Gasteiger partial charge in [0, 0.05) is 37.8 Å². The van der Waals surface area contributed by atoms with Gasteiger partial charge in [0.2, 0.25) is 0 Å². The van der Waals surface area contributed by atoms with Crippen LogP contribution in [0.25, 0.3) is 11.0 Å². The average molecular weight is 301 g/mol. The number of amides is 1. The van der Waals surface area contributed by atoms with E-state index >= 15 is 0 Å². The van der Waals surface area contributed by atoms with Crippen molar-refractivity contribution in [1.82, 2.24) is 19.7 Å². The normalized spacial score (nSPS) is 21.3. The predicted molar refractivity (Wildman–Crippen MR) is 85.5 cm³/mol. The zero-order valence-corrected chi connectivity index (χ0v) is 13.6. The topological polar surface area (TPSA) is 77.0 Å². The summed E-state index contributed by atoms with van der Waals surface area (Å²) < 4.78 is 1.74. The number of rotatable bonds is 1. The van der Waals surface area contributed by atoms with Crippen LogP contribution in [0.4, 0.5) is 0 Å². The first-order valence-corrected chi connectivity index (χ1v) is 7.64. The van der Waals surface area contributed by atoms with E-state index in [1.54, 1.807) is 10.9 Å². The van der Waals surface area contributed by atoms with Crippen LogP contribution in [0.1, 0.15) is 36.3 Å². The summed E-state index contributed by atoms with van der Waals surface area (Å²) in [5, 5.41) is 5.28. The number of carbonyl (C=O) groups excluding carboxylic acids is 1. The predicted octanol–water partition coefficient (Wildman–Crippen LogP) is 1.48. The molecule has 1 fully saturated rings. The Balaban J connectivity index is 1.91. The zero-order valence-electron chi connectivity index (χ0n) is 13.6. The molecule has 1 saturated heterocycles. The number of fused-ring (bicyclic) bond motifs is 1. The maximum Gasteiger partial charge on any atom is 0.255 e. The third-order valence-corrected chi connectivity index (χ3v) is 4.71. The van der Waals surface area contributed by atoms with E-state index in [9.17, 15) is 4.79 Å². The van der Waals surface area contributed by atoms with Gasteiger partial charge in [-0.2, -0.15) is 5.10 Å². The lowest BCUT2D eigenvalue weighted by atomic mass is 9.79. The molecule has 0 aliphatic carbocycles. The average Bonchev–Trinajstić information content (AvgIpc) is 2.75. The van der Waals surface area contributed by atoms with Crippen molar-refractivity contribution in [2.75, 3.05) is 13.1 Å². The van der Waals surface area contributed by atoms with Gasteiger partial charge in [0.15, 0.2) is 5.65 Å². The van der Waals surface area contributed by atoms with Gasteiger partial charge in [0.05, 0.1) is 11.3 Å². The Morgan fingerprint density at radius 2 is 2.18 bits per heavy atom. The number of aryl methyl sites for hydroxylation is 2. The summed E-state index contributed by atoms with van der Waals surface area (Å²) >= 11 is 0. The van der Waals surface area contributed by atoms with E-state index in [0.717, 1.165) is 23.1 Å². The Morgan fingerprint density at radius 1 is 1.45 bits per heavy atom. The molecule has 1 aliphatic rings. The highest BCUT2D eigenvalue weighted by Crippen LogP contribution is 2.29. The van der Waals surface area contributed by atoms with Gasteiger partial charge in [0.25, 0.3) is 5.91 Å². The number of likely N-dealkylation sites (tertiary alicyclic amines) is 1. The van der Waals surface area contributed by atoms with Gasteiger partial charge in [-0.3, -0.25) is 9.48 Å². The molecule has 3 rings (SSSR count). The molecule has 2 aromatic rings. The second-order valence-electron chi connectivity index (χ2n) is 6.91. The third kappa shape index (κ3) is 2.37. The molecule has 22 heavy (non-hydrogen) atoms. The van der Waals surface area contributed by atoms with E-state index < -0.39 is 0 Å². The van der Waals surface area contributed by atoms with Crippen LogP contribution in [-0.2, 0) is 7.05 Å². The zero-order chi connectivity index (χ0) is 16.1. The maximum atomic E-state index is 12.8. The van der Waals surface area contributed by atoms with E-state index in [0.29, 0.717) is 18.7 Å². The molecule has 2 N–H and O–H groups in total. The molecule has 0 spiro atoms. The fourth-order valence-corrected chi connectivity index (χ4v) is 3.15. The standard InChI is InChI=1S/C16H23N5O/c1-10-12-7-11(8-18-14(12)20(4)19-10)15(22)21-6-5-13(17)16(2,3)9-21/h7-8,13H,5-6,9,17H2,1-4H3. The van der Waals surface area contributed by atoms with Crippen molar-refractivity contribution in [2.45, 2.75) is 33.2 Å². The van der Waals surface area contributed by atoms with Crippen molar-refractivity contribution >= 4 is 16.9 Å². The van der Waals surface area contributed by atoms with Crippen molar-refractivity contribution in [1.29, 1.82) is 0 Å². The Morgan fingerprint density at radius 3 is 2.86 bits per heavy atom. The smallest absolute Gasteiger partial charge is 0.255 e. The van der Waals surface area contributed by atoms with Crippen molar-refractivity contribution in [3.8, 4) is 0 Å². The minimum atomic E-state index is -0.0599. The van der Waals surface area contributed by atoms with Gasteiger partial charge in [-0.05, 0) is 24.8 Å². The van der Waals surface area contributed by atoms with Crippen LogP contribution in [0, 0.1) is 12.3 Å². The molecule has 1 atom stereocenters. The van der Waals surface area contributed by atoms with Crippen molar-refractivity contribution in [3.63, 3.8) is 0 Å². The SMILES string of the molecule is Cc1nn(C)c2ncc(C(=O)N3CCC(N)C(C)(C)C3)cc12. The second-order valence-corrected chi connectivity index (χ2v) is 6.91. The van der Waals surface area contributed by atoms with Crippen LogP contribution >= 0.6 is 0 Å². The number of hydrogen-bond acceptors (Lipinski definition) is 4. The Bertz CT molecular complexity index is 733. The summed E-state index contributed by atoms with van der Waals surface area (Å²) in [7, 11) is 1.86. The molecule has 1 unspecified atom stereocenters. The summed E-state index contributed by atoms with van der Waals surface area (Å²) in [5.74, 6) is 0.0256. The third-order valence-electron chi connectivity index (χ3n) is 4.71. The van der Waals surface area contributed by atoms with Gasteiger partial charge in [-0.25, -0.2) is 4.98 Å². The maximum absolute atomic E-state index is 12.8. The second kappa shape index (κ2) is 5.05. The minimum absolute atomic E-state index is 0.0256. The molecule has 1 amide bonds. The lowest BCUT2D eigenvalue weighted by molar-refractivity contribution is 0.0533. The number of nitrogens with zero attached hydrogens (tertiary/aromatic N) is 4. The van der Waals surface area contributed by atoms with Gasteiger partial charge >= 0.3 is 0 Å². The summed E-state index contributed by atoms with van der Waals surface area (Å²) in [6.07, 6.45) is 2.48. The van der Waals surface area contributed by atoms with Crippen LogP contribution in [0.3, 0.4) is 0 Å². The molecular formula is C16H23N5O. The molecule has 6 heteroatoms. The number of piperidine rings is 1.